The molecule has 25 heavy (non-hydrogen) atoms. The van der Waals surface area contributed by atoms with Crippen LogP contribution in [0.2, 0.25) is 0 Å². The second-order valence-electron chi connectivity index (χ2n) is 5.73. The van der Waals surface area contributed by atoms with Crippen molar-refractivity contribution >= 4 is 11.6 Å². The number of nitrogens with zero attached hydrogens (tertiary/aromatic N) is 1. The van der Waals surface area contributed by atoms with Crippen LogP contribution in [0.15, 0.2) is 41.5 Å². The molecule has 3 rings (SSSR count). The van der Waals surface area contributed by atoms with Gasteiger partial charge in [0.05, 0.1) is 19.9 Å². The maximum atomic E-state index is 13.2. The van der Waals surface area contributed by atoms with Crippen molar-refractivity contribution in [3.05, 3.63) is 58.9 Å². The van der Waals surface area contributed by atoms with Crippen LogP contribution >= 0.6 is 0 Å². The van der Waals surface area contributed by atoms with Crippen molar-refractivity contribution in [2.75, 3.05) is 14.2 Å². The Morgan fingerprint density at radius 1 is 1.12 bits per heavy atom. The Morgan fingerprint density at radius 2 is 1.88 bits per heavy atom. The van der Waals surface area contributed by atoms with E-state index in [9.17, 15) is 9.18 Å². The first-order valence-electron chi connectivity index (χ1n) is 8.00. The molecule has 1 N–H and O–H groups in total. The molecular formula is C19H19FN2O3. The van der Waals surface area contributed by atoms with Crippen molar-refractivity contribution in [1.82, 2.24) is 5.43 Å². The van der Waals surface area contributed by atoms with Crippen molar-refractivity contribution in [3.63, 3.8) is 0 Å². The van der Waals surface area contributed by atoms with Crippen molar-refractivity contribution in [1.29, 1.82) is 0 Å². The van der Waals surface area contributed by atoms with E-state index >= 15 is 0 Å². The summed E-state index contributed by atoms with van der Waals surface area (Å²) in [5, 5.41) is 4.26. The Hall–Kier alpha value is -2.89. The molecule has 0 spiro atoms. The first-order chi connectivity index (χ1) is 12.1. The average molecular weight is 342 g/mol. The molecular weight excluding hydrogens is 323 g/mol. The summed E-state index contributed by atoms with van der Waals surface area (Å²) in [6, 6.07) is 9.32. The minimum Gasteiger partial charge on any atom is -0.493 e. The molecule has 130 valence electrons. The summed E-state index contributed by atoms with van der Waals surface area (Å²) >= 11 is 0. The van der Waals surface area contributed by atoms with Crippen LogP contribution < -0.4 is 14.9 Å². The molecule has 0 saturated carbocycles. The lowest BCUT2D eigenvalue weighted by Crippen LogP contribution is -2.22. The standard InChI is InChI=1S/C19H19FN2O3/c1-24-17-10-12-5-4-8-16(15(12)11-18(17)25-2)21-22-19(23)13-6-3-7-14(20)9-13/h3,6-7,9-11H,4-5,8H2,1-2H3,(H,22,23)/b21-16-. The summed E-state index contributed by atoms with van der Waals surface area (Å²) in [4.78, 5) is 12.1. The Balaban J connectivity index is 1.87. The predicted molar refractivity (Wildman–Crippen MR) is 92.9 cm³/mol. The minimum atomic E-state index is -0.458. The number of amides is 1. The highest BCUT2D eigenvalue weighted by molar-refractivity contribution is 6.04. The van der Waals surface area contributed by atoms with E-state index in [4.69, 9.17) is 9.47 Å². The van der Waals surface area contributed by atoms with Gasteiger partial charge in [-0.25, -0.2) is 9.82 Å². The van der Waals surface area contributed by atoms with Crippen LogP contribution in [0.5, 0.6) is 11.5 Å². The normalized spacial score (nSPS) is 14.8. The summed E-state index contributed by atoms with van der Waals surface area (Å²) in [5.41, 5.74) is 5.55. The number of benzene rings is 2. The molecule has 0 heterocycles. The first-order valence-corrected chi connectivity index (χ1v) is 8.00. The second kappa shape index (κ2) is 7.34. The Bertz CT molecular complexity index is 833. The first kappa shape index (κ1) is 17.0. The summed E-state index contributed by atoms with van der Waals surface area (Å²) in [5.74, 6) is 0.387. The maximum absolute atomic E-state index is 13.2. The lowest BCUT2D eigenvalue weighted by molar-refractivity contribution is 0.0954. The van der Waals surface area contributed by atoms with E-state index < -0.39 is 11.7 Å². The van der Waals surface area contributed by atoms with Gasteiger partial charge in [-0.05, 0) is 55.2 Å². The van der Waals surface area contributed by atoms with Crippen LogP contribution in [0.3, 0.4) is 0 Å². The fraction of sp³-hybridized carbons (Fsp3) is 0.263. The monoisotopic (exact) mass is 342 g/mol. The molecule has 1 aliphatic carbocycles. The summed E-state index contributed by atoms with van der Waals surface area (Å²) in [6.07, 6.45) is 2.58. The van der Waals surface area contributed by atoms with Crippen LogP contribution in [0.25, 0.3) is 0 Å². The second-order valence-corrected chi connectivity index (χ2v) is 5.73. The van der Waals surface area contributed by atoms with Gasteiger partial charge in [-0.3, -0.25) is 4.79 Å². The third-order valence-corrected chi connectivity index (χ3v) is 4.16. The number of hydrogen-bond acceptors (Lipinski definition) is 4. The fourth-order valence-corrected chi connectivity index (χ4v) is 2.91. The molecule has 1 amide bonds. The van der Waals surface area contributed by atoms with Crippen molar-refractivity contribution in [2.24, 2.45) is 5.10 Å². The van der Waals surface area contributed by atoms with Gasteiger partial charge in [0.1, 0.15) is 5.82 Å². The number of ether oxygens (including phenoxy) is 2. The van der Waals surface area contributed by atoms with E-state index in [1.54, 1.807) is 20.3 Å². The molecule has 0 aromatic heterocycles. The molecule has 0 unspecified atom stereocenters. The number of carbonyl (C=O) groups excluding carboxylic acids is 1. The number of halogens is 1. The maximum Gasteiger partial charge on any atom is 0.271 e. The van der Waals surface area contributed by atoms with Crippen LogP contribution in [-0.4, -0.2) is 25.8 Å². The molecule has 2 aromatic rings. The Kier molecular flexibility index (Phi) is 4.97. The molecule has 1 aliphatic rings. The number of methoxy groups -OCH3 is 2. The van der Waals surface area contributed by atoms with E-state index in [2.05, 4.69) is 10.5 Å². The molecule has 0 bridgehead atoms. The van der Waals surface area contributed by atoms with Crippen LogP contribution in [0, 0.1) is 5.82 Å². The number of aryl methyl sites for hydroxylation is 1. The van der Waals surface area contributed by atoms with E-state index in [0.717, 1.165) is 36.1 Å². The van der Waals surface area contributed by atoms with Gasteiger partial charge in [-0.2, -0.15) is 5.10 Å². The van der Waals surface area contributed by atoms with E-state index in [-0.39, 0.29) is 5.56 Å². The molecule has 0 atom stereocenters. The van der Waals surface area contributed by atoms with E-state index in [1.165, 1.54) is 18.2 Å². The Morgan fingerprint density at radius 3 is 2.60 bits per heavy atom. The fourth-order valence-electron chi connectivity index (χ4n) is 2.91. The van der Waals surface area contributed by atoms with Crippen LogP contribution in [0.4, 0.5) is 4.39 Å². The predicted octanol–water partition coefficient (Wildman–Crippen LogP) is 3.31. The largest absolute Gasteiger partial charge is 0.493 e. The average Bonchev–Trinajstić information content (AvgIpc) is 2.64. The zero-order valence-electron chi connectivity index (χ0n) is 14.1. The van der Waals surface area contributed by atoms with Crippen LogP contribution in [-0.2, 0) is 6.42 Å². The third-order valence-electron chi connectivity index (χ3n) is 4.16. The van der Waals surface area contributed by atoms with Gasteiger partial charge < -0.3 is 9.47 Å². The quantitative estimate of drug-likeness (QED) is 0.867. The zero-order chi connectivity index (χ0) is 17.8. The van der Waals surface area contributed by atoms with Gasteiger partial charge >= 0.3 is 0 Å². The molecule has 0 radical (unpaired) electrons. The highest BCUT2D eigenvalue weighted by Gasteiger charge is 2.20. The Labute approximate surface area is 145 Å². The number of nitrogens with one attached hydrogen (secondary N) is 1. The smallest absolute Gasteiger partial charge is 0.271 e. The number of hydrogen-bond donors (Lipinski definition) is 1. The van der Waals surface area contributed by atoms with Gasteiger partial charge in [0, 0.05) is 11.1 Å². The van der Waals surface area contributed by atoms with Gasteiger partial charge in [-0.15, -0.1) is 0 Å². The molecule has 5 nitrogen and oxygen atoms in total. The molecule has 0 fully saturated rings. The topological polar surface area (TPSA) is 59.9 Å². The zero-order valence-corrected chi connectivity index (χ0v) is 14.1. The summed E-state index contributed by atoms with van der Waals surface area (Å²) in [7, 11) is 3.18. The van der Waals surface area contributed by atoms with Gasteiger partial charge in [0.15, 0.2) is 11.5 Å². The SMILES string of the molecule is COc1cc2c(cc1OC)/C(=N\NC(=O)c1cccc(F)c1)CCC2. The minimum absolute atomic E-state index is 0.229. The van der Waals surface area contributed by atoms with Gasteiger partial charge in [-0.1, -0.05) is 6.07 Å². The third kappa shape index (κ3) is 3.63. The highest BCUT2D eigenvalue weighted by Crippen LogP contribution is 2.34. The van der Waals surface area contributed by atoms with Crippen molar-refractivity contribution in [2.45, 2.75) is 19.3 Å². The molecule has 0 saturated heterocycles. The van der Waals surface area contributed by atoms with Gasteiger partial charge in [0.2, 0.25) is 0 Å². The van der Waals surface area contributed by atoms with E-state index in [0.29, 0.717) is 11.5 Å². The number of fused-ring (bicyclic) bond motifs is 1. The van der Waals surface area contributed by atoms with Crippen molar-refractivity contribution in [3.8, 4) is 11.5 Å². The van der Waals surface area contributed by atoms with Crippen LogP contribution in [0.1, 0.15) is 34.3 Å². The lowest BCUT2D eigenvalue weighted by Gasteiger charge is -2.20. The van der Waals surface area contributed by atoms with E-state index in [1.807, 2.05) is 12.1 Å². The molecule has 2 aromatic carbocycles. The number of carbonyl (C=O) groups is 1. The number of hydrazone groups is 1. The number of rotatable bonds is 4. The summed E-state index contributed by atoms with van der Waals surface area (Å²) in [6.45, 7) is 0. The highest BCUT2D eigenvalue weighted by atomic mass is 19.1. The molecule has 6 heteroatoms. The molecule has 0 aliphatic heterocycles. The van der Waals surface area contributed by atoms with Crippen molar-refractivity contribution < 1.29 is 18.7 Å². The summed E-state index contributed by atoms with van der Waals surface area (Å²) < 4.78 is 23.9. The van der Waals surface area contributed by atoms with Gasteiger partial charge in [0.25, 0.3) is 5.91 Å². The lowest BCUT2D eigenvalue weighted by atomic mass is 9.89.